The second kappa shape index (κ2) is 18.4. The third kappa shape index (κ3) is 7.87. The predicted octanol–water partition coefficient (Wildman–Crippen LogP) is 21.8. The Morgan fingerprint density at radius 1 is 0.269 bits per heavy atom. The molecule has 13 aromatic rings. The van der Waals surface area contributed by atoms with Crippen molar-refractivity contribution < 1.29 is 8.83 Å². The van der Waals surface area contributed by atoms with E-state index in [-0.39, 0.29) is 0 Å². The van der Waals surface area contributed by atoms with E-state index >= 15 is 0 Å². The van der Waals surface area contributed by atoms with E-state index in [1.54, 1.807) is 0 Å². The van der Waals surface area contributed by atoms with Crippen LogP contribution in [0.2, 0.25) is 0 Å². The van der Waals surface area contributed by atoms with Gasteiger partial charge < -0.3 is 18.6 Å². The molecule has 382 valence electrons. The summed E-state index contributed by atoms with van der Waals surface area (Å²) in [6, 6.07) is 63.0. The molecule has 0 unspecified atom stereocenters. The fourth-order valence-corrected chi connectivity index (χ4v) is 12.2. The topological polar surface area (TPSA) is 32.8 Å². The third-order valence-electron chi connectivity index (χ3n) is 17.5. The van der Waals surface area contributed by atoms with E-state index in [2.05, 4.69) is 263 Å². The maximum atomic E-state index is 7.39. The van der Waals surface area contributed by atoms with Gasteiger partial charge >= 0.3 is 0 Å². The number of hydrogen-bond donors (Lipinski definition) is 0. The molecule has 0 N–H and O–H groups in total. The van der Waals surface area contributed by atoms with Gasteiger partial charge in [0.25, 0.3) is 0 Å². The van der Waals surface area contributed by atoms with Crippen molar-refractivity contribution in [3.05, 3.63) is 237 Å². The van der Waals surface area contributed by atoms with Crippen LogP contribution in [-0.4, -0.2) is 0 Å². The van der Waals surface area contributed by atoms with E-state index in [1.165, 1.54) is 66.8 Å². The normalized spacial score (nSPS) is 11.8. The summed E-state index contributed by atoms with van der Waals surface area (Å²) in [5.41, 5.74) is 29.8. The maximum Gasteiger partial charge on any atom is 0.147 e. The van der Waals surface area contributed by atoms with E-state index < -0.39 is 0 Å². The molecule has 0 saturated carbocycles. The van der Waals surface area contributed by atoms with Gasteiger partial charge in [0.15, 0.2) is 0 Å². The molecule has 0 amide bonds. The minimum atomic E-state index is 0.810. The van der Waals surface area contributed by atoms with Gasteiger partial charge in [0, 0.05) is 61.4 Å². The van der Waals surface area contributed by atoms with Crippen LogP contribution in [0.25, 0.3) is 87.7 Å². The molecule has 0 spiro atoms. The highest BCUT2D eigenvalue weighted by Gasteiger charge is 2.28. The number of nitrogens with zero attached hydrogens (tertiary/aromatic N) is 2. The molecule has 0 fully saturated rings. The zero-order valence-corrected chi connectivity index (χ0v) is 46.9. The van der Waals surface area contributed by atoms with E-state index in [1.807, 2.05) is 0 Å². The summed E-state index contributed by atoms with van der Waals surface area (Å²) in [7, 11) is 0. The van der Waals surface area contributed by atoms with Crippen LogP contribution in [-0.2, 0) is 0 Å². The molecule has 4 heteroatoms. The van der Waals surface area contributed by atoms with Gasteiger partial charge in [0.2, 0.25) is 0 Å². The van der Waals surface area contributed by atoms with Gasteiger partial charge in [0.05, 0.1) is 5.39 Å². The van der Waals surface area contributed by atoms with Crippen molar-refractivity contribution >= 4 is 99.5 Å². The Bertz CT molecular complexity index is 4420. The predicted molar refractivity (Wildman–Crippen MR) is 333 cm³/mol. The van der Waals surface area contributed by atoms with Crippen LogP contribution in [0, 0.1) is 83.1 Å². The molecule has 0 radical (unpaired) electrons. The van der Waals surface area contributed by atoms with Crippen LogP contribution in [0.15, 0.2) is 179 Å². The van der Waals surface area contributed by atoms with Crippen LogP contribution < -0.4 is 9.80 Å². The number of fused-ring (bicyclic) bond motifs is 9. The van der Waals surface area contributed by atoms with E-state index in [0.717, 1.165) is 122 Å². The lowest BCUT2D eigenvalue weighted by molar-refractivity contribution is 0.664. The van der Waals surface area contributed by atoms with Crippen LogP contribution in [0.3, 0.4) is 0 Å². The molecule has 0 bridgehead atoms. The summed E-state index contributed by atoms with van der Waals surface area (Å²) in [5, 5.41) is 8.60. The van der Waals surface area contributed by atoms with Gasteiger partial charge in [-0.1, -0.05) is 72.8 Å². The summed E-state index contributed by atoms with van der Waals surface area (Å²) in [6.07, 6.45) is 0. The van der Waals surface area contributed by atoms with Crippen molar-refractivity contribution in [1.29, 1.82) is 0 Å². The number of rotatable bonds is 8. The van der Waals surface area contributed by atoms with Gasteiger partial charge in [-0.15, -0.1) is 0 Å². The number of aryl methyl sites for hydroxylation is 8. The molecule has 11 aromatic carbocycles. The minimum Gasteiger partial charge on any atom is -0.455 e. The molecule has 78 heavy (non-hydrogen) atoms. The highest BCUT2D eigenvalue weighted by atomic mass is 16.3. The van der Waals surface area contributed by atoms with E-state index in [4.69, 9.17) is 8.83 Å². The lowest BCUT2D eigenvalue weighted by Gasteiger charge is -2.28. The van der Waals surface area contributed by atoms with Crippen molar-refractivity contribution in [1.82, 2.24) is 0 Å². The largest absolute Gasteiger partial charge is 0.455 e. The first-order valence-corrected chi connectivity index (χ1v) is 27.4. The molecule has 0 saturated heterocycles. The Morgan fingerprint density at radius 3 is 0.974 bits per heavy atom. The molecule has 0 aliphatic carbocycles. The number of benzene rings is 11. The highest BCUT2D eigenvalue weighted by Crippen LogP contribution is 2.52. The van der Waals surface area contributed by atoms with Crippen molar-refractivity contribution in [3.8, 4) is 22.3 Å². The molecule has 0 aliphatic heterocycles. The summed E-state index contributed by atoms with van der Waals surface area (Å²) in [5.74, 6) is 0. The summed E-state index contributed by atoms with van der Waals surface area (Å²) in [6.45, 7) is 26.6. The molecular formula is C74H64N2O2. The lowest BCUT2D eigenvalue weighted by atomic mass is 9.88. The first kappa shape index (κ1) is 48.8. The Labute approximate surface area is 457 Å². The summed E-state index contributed by atoms with van der Waals surface area (Å²) < 4.78 is 14.7. The van der Waals surface area contributed by atoms with E-state index in [9.17, 15) is 0 Å². The second-order valence-electron chi connectivity index (χ2n) is 22.3. The number of furan rings is 2. The zero-order chi connectivity index (χ0) is 54.0. The first-order valence-electron chi connectivity index (χ1n) is 27.4. The molecule has 4 nitrogen and oxygen atoms in total. The van der Waals surface area contributed by atoms with Crippen molar-refractivity contribution in [3.63, 3.8) is 0 Å². The van der Waals surface area contributed by atoms with Gasteiger partial charge in [-0.3, -0.25) is 0 Å². The molecule has 2 heterocycles. The SMILES string of the molecule is Cc1cc(N(c2cc(C)c(C)c(C)c2)c2ccc3cc4c(cc3c2)oc2c4c(-c3ccccc3)c(-c3ccccc3)c3oc4cc5cc(N(c6cc(C)c(C)c(C)c6)c6cc(C)c(C)c(C)c6)ccc5cc4c32)cc(C)c1C. The highest BCUT2D eigenvalue weighted by molar-refractivity contribution is 6.32. The molecule has 0 aliphatic rings. The molecule has 13 rings (SSSR count). The van der Waals surface area contributed by atoms with E-state index in [0.29, 0.717) is 0 Å². The van der Waals surface area contributed by atoms with Crippen LogP contribution in [0.5, 0.6) is 0 Å². The monoisotopic (exact) mass is 1010 g/mol. The van der Waals surface area contributed by atoms with Crippen LogP contribution in [0.1, 0.15) is 66.8 Å². The van der Waals surface area contributed by atoms with Crippen LogP contribution in [0.4, 0.5) is 34.1 Å². The minimum absolute atomic E-state index is 0.810. The second-order valence-corrected chi connectivity index (χ2v) is 22.3. The first-order chi connectivity index (χ1) is 37.6. The van der Waals surface area contributed by atoms with Crippen molar-refractivity contribution in [2.24, 2.45) is 0 Å². The zero-order valence-electron chi connectivity index (χ0n) is 46.9. The van der Waals surface area contributed by atoms with Crippen LogP contribution >= 0.6 is 0 Å². The Morgan fingerprint density at radius 2 is 0.603 bits per heavy atom. The Hall–Kier alpha value is -8.86. The lowest BCUT2D eigenvalue weighted by Crippen LogP contribution is -2.12. The van der Waals surface area contributed by atoms with Gasteiger partial charge in [0.1, 0.15) is 22.3 Å². The van der Waals surface area contributed by atoms with Crippen molar-refractivity contribution in [2.75, 3.05) is 9.80 Å². The molecular weight excluding hydrogens is 949 g/mol. The van der Waals surface area contributed by atoms with Gasteiger partial charge in [-0.05, 0) is 280 Å². The molecule has 0 atom stereocenters. The molecule has 2 aromatic heterocycles. The number of hydrogen-bond acceptors (Lipinski definition) is 4. The number of anilines is 6. The smallest absolute Gasteiger partial charge is 0.147 e. The summed E-state index contributed by atoms with van der Waals surface area (Å²) in [4.78, 5) is 4.83. The Balaban J connectivity index is 1.06. The fraction of sp³-hybridized carbons (Fsp3) is 0.162. The van der Waals surface area contributed by atoms with Gasteiger partial charge in [-0.25, -0.2) is 0 Å². The van der Waals surface area contributed by atoms with Crippen molar-refractivity contribution in [2.45, 2.75) is 83.1 Å². The average Bonchev–Trinajstić information content (AvgIpc) is 4.05. The average molecular weight is 1010 g/mol. The fourth-order valence-electron chi connectivity index (χ4n) is 12.2. The summed E-state index contributed by atoms with van der Waals surface area (Å²) >= 11 is 0. The standard InChI is InChI=1S/C74H64N2O2/c1-41-27-61(28-42(2)49(41)9)75(62-29-43(3)50(10)44(4)30-62)59-25-23-55-37-65-67(39-57(55)35-59)78-74-71(65)69(53-19-15-13-16-20-53)70(54-21-17-14-18-22-54)73-72(74)66-38-56-24-26-60(36-58(56)40-68(66)77-73)76(63-31-45(5)51(11)46(6)32-63)64-33-47(7)52(12)48(8)34-64/h13-40H,1-12H3. The Kier molecular flexibility index (Phi) is 11.5. The third-order valence-corrected chi connectivity index (χ3v) is 17.5. The maximum absolute atomic E-state index is 7.39. The van der Waals surface area contributed by atoms with Gasteiger partial charge in [-0.2, -0.15) is 0 Å². The quantitative estimate of drug-likeness (QED) is 0.152.